The molecule has 0 saturated carbocycles. The fraction of sp³-hybridized carbons (Fsp3) is 0.0667. The Morgan fingerprint density at radius 3 is 2.55 bits per heavy atom. The van der Waals surface area contributed by atoms with Crippen LogP contribution in [-0.2, 0) is 4.79 Å². The first-order chi connectivity index (χ1) is 9.79. The Morgan fingerprint density at radius 2 is 1.80 bits per heavy atom. The molecule has 4 nitrogen and oxygen atoms in total. The number of benzene rings is 2. The van der Waals surface area contributed by atoms with Gasteiger partial charge in [-0.25, -0.2) is 4.98 Å². The average molecular weight is 286 g/mol. The van der Waals surface area contributed by atoms with Gasteiger partial charge in [-0.2, -0.15) is 0 Å². The second kappa shape index (κ2) is 5.35. The topological polar surface area (TPSA) is 46.9 Å². The molecular formula is C15H12ClN3O. The van der Waals surface area contributed by atoms with E-state index in [2.05, 4.69) is 10.3 Å². The Labute approximate surface area is 121 Å². The first-order valence-electron chi connectivity index (χ1n) is 6.18. The number of nitrogens with zero attached hydrogens (tertiary/aromatic N) is 2. The molecule has 1 amide bonds. The lowest BCUT2D eigenvalue weighted by atomic mass is 10.3. The van der Waals surface area contributed by atoms with Crippen molar-refractivity contribution in [3.8, 4) is 5.69 Å². The Hall–Kier alpha value is -2.33. The molecule has 1 aromatic heterocycles. The third-order valence-electron chi connectivity index (χ3n) is 2.95. The van der Waals surface area contributed by atoms with Crippen molar-refractivity contribution in [3.05, 3.63) is 54.6 Å². The van der Waals surface area contributed by atoms with Crippen molar-refractivity contribution in [3.63, 3.8) is 0 Å². The molecule has 0 bridgehead atoms. The molecule has 100 valence electrons. The maximum atomic E-state index is 11.5. The van der Waals surface area contributed by atoms with E-state index in [-0.39, 0.29) is 11.8 Å². The van der Waals surface area contributed by atoms with Crippen molar-refractivity contribution >= 4 is 34.5 Å². The van der Waals surface area contributed by atoms with E-state index in [1.54, 1.807) is 0 Å². The predicted octanol–water partition coefficient (Wildman–Crippen LogP) is 3.20. The SMILES string of the molecule is O=C(CCl)Nc1nc2ccccc2n1-c1ccccc1. The number of amides is 1. The van der Waals surface area contributed by atoms with E-state index in [4.69, 9.17) is 11.6 Å². The van der Waals surface area contributed by atoms with Gasteiger partial charge in [0.25, 0.3) is 0 Å². The summed E-state index contributed by atoms with van der Waals surface area (Å²) in [7, 11) is 0. The number of nitrogens with one attached hydrogen (secondary N) is 1. The summed E-state index contributed by atoms with van der Waals surface area (Å²) in [6, 6.07) is 17.5. The summed E-state index contributed by atoms with van der Waals surface area (Å²) in [5.74, 6) is 0.0973. The van der Waals surface area contributed by atoms with Gasteiger partial charge in [-0.3, -0.25) is 14.7 Å². The second-order valence-electron chi connectivity index (χ2n) is 4.28. The van der Waals surface area contributed by atoms with Gasteiger partial charge in [0, 0.05) is 5.69 Å². The van der Waals surface area contributed by atoms with Crippen LogP contribution in [0.1, 0.15) is 0 Å². The molecule has 20 heavy (non-hydrogen) atoms. The van der Waals surface area contributed by atoms with E-state index in [9.17, 15) is 4.79 Å². The normalized spacial score (nSPS) is 10.7. The zero-order chi connectivity index (χ0) is 13.9. The largest absolute Gasteiger partial charge is 0.295 e. The highest BCUT2D eigenvalue weighted by atomic mass is 35.5. The van der Waals surface area contributed by atoms with E-state index in [0.29, 0.717) is 5.95 Å². The molecule has 3 rings (SSSR count). The molecular weight excluding hydrogens is 274 g/mol. The molecule has 0 saturated heterocycles. The summed E-state index contributed by atoms with van der Waals surface area (Å²) in [4.78, 5) is 16.0. The number of alkyl halides is 1. The number of carbonyl (C=O) groups excluding carboxylic acids is 1. The highest BCUT2D eigenvalue weighted by Crippen LogP contribution is 2.24. The summed E-state index contributed by atoms with van der Waals surface area (Å²) < 4.78 is 1.90. The van der Waals surface area contributed by atoms with Crippen molar-refractivity contribution in [2.75, 3.05) is 11.2 Å². The van der Waals surface area contributed by atoms with Crippen LogP contribution in [0.3, 0.4) is 0 Å². The first-order valence-corrected chi connectivity index (χ1v) is 6.72. The van der Waals surface area contributed by atoms with E-state index in [1.165, 1.54) is 0 Å². The summed E-state index contributed by atoms with van der Waals surface area (Å²) in [6.45, 7) is 0. The van der Waals surface area contributed by atoms with Crippen LogP contribution >= 0.6 is 11.6 Å². The molecule has 0 aliphatic rings. The molecule has 0 aliphatic carbocycles. The van der Waals surface area contributed by atoms with Gasteiger partial charge in [0.15, 0.2) is 0 Å². The standard InChI is InChI=1S/C15H12ClN3O/c16-10-14(20)18-15-17-12-8-4-5-9-13(12)19(15)11-6-2-1-3-7-11/h1-9H,10H2,(H,17,18,20). The molecule has 1 N–H and O–H groups in total. The number of imidazole rings is 1. The number of hydrogen-bond donors (Lipinski definition) is 1. The molecule has 3 aromatic rings. The Bertz CT molecular complexity index is 752. The quantitative estimate of drug-likeness (QED) is 0.751. The summed E-state index contributed by atoms with van der Waals surface area (Å²) in [5, 5.41) is 2.73. The van der Waals surface area contributed by atoms with E-state index in [1.807, 2.05) is 59.2 Å². The van der Waals surface area contributed by atoms with Crippen molar-refractivity contribution in [1.82, 2.24) is 9.55 Å². The van der Waals surface area contributed by atoms with Crippen LogP contribution in [-0.4, -0.2) is 21.3 Å². The van der Waals surface area contributed by atoms with Gasteiger partial charge in [-0.15, -0.1) is 11.6 Å². The third-order valence-corrected chi connectivity index (χ3v) is 3.19. The first kappa shape index (κ1) is 12.7. The lowest BCUT2D eigenvalue weighted by molar-refractivity contribution is -0.114. The van der Waals surface area contributed by atoms with Crippen LogP contribution in [0.2, 0.25) is 0 Å². The van der Waals surface area contributed by atoms with Gasteiger partial charge in [-0.05, 0) is 24.3 Å². The molecule has 0 fully saturated rings. The van der Waals surface area contributed by atoms with Gasteiger partial charge < -0.3 is 0 Å². The third kappa shape index (κ3) is 2.26. The van der Waals surface area contributed by atoms with Crippen LogP contribution in [0.5, 0.6) is 0 Å². The lowest BCUT2D eigenvalue weighted by Crippen LogP contribution is -2.16. The summed E-state index contributed by atoms with van der Waals surface area (Å²) in [5.41, 5.74) is 2.69. The summed E-state index contributed by atoms with van der Waals surface area (Å²) >= 11 is 5.55. The van der Waals surface area contributed by atoms with Crippen molar-refractivity contribution in [2.24, 2.45) is 0 Å². The smallest absolute Gasteiger partial charge is 0.241 e. The van der Waals surface area contributed by atoms with Gasteiger partial charge in [0.2, 0.25) is 11.9 Å². The maximum Gasteiger partial charge on any atom is 0.241 e. The minimum absolute atomic E-state index is 0.0992. The van der Waals surface area contributed by atoms with Gasteiger partial charge in [-0.1, -0.05) is 30.3 Å². The molecule has 2 aromatic carbocycles. The fourth-order valence-corrected chi connectivity index (χ4v) is 2.17. The van der Waals surface area contributed by atoms with Crippen LogP contribution in [0, 0.1) is 0 Å². The zero-order valence-corrected chi connectivity index (χ0v) is 11.3. The number of fused-ring (bicyclic) bond motifs is 1. The number of hydrogen-bond acceptors (Lipinski definition) is 2. The minimum atomic E-state index is -0.279. The van der Waals surface area contributed by atoms with Gasteiger partial charge in [0.1, 0.15) is 5.88 Å². The van der Waals surface area contributed by atoms with Crippen molar-refractivity contribution in [1.29, 1.82) is 0 Å². The van der Waals surface area contributed by atoms with E-state index >= 15 is 0 Å². The van der Waals surface area contributed by atoms with Gasteiger partial charge >= 0.3 is 0 Å². The highest BCUT2D eigenvalue weighted by Gasteiger charge is 2.13. The number of anilines is 1. The number of carbonyl (C=O) groups is 1. The van der Waals surface area contributed by atoms with Crippen molar-refractivity contribution in [2.45, 2.75) is 0 Å². The number of halogens is 1. The monoisotopic (exact) mass is 285 g/mol. The molecule has 0 atom stereocenters. The van der Waals surface area contributed by atoms with Gasteiger partial charge in [0.05, 0.1) is 11.0 Å². The molecule has 0 radical (unpaired) electrons. The molecule has 1 heterocycles. The van der Waals surface area contributed by atoms with Crippen LogP contribution in [0.25, 0.3) is 16.7 Å². The van der Waals surface area contributed by atoms with E-state index < -0.39 is 0 Å². The number of rotatable bonds is 3. The fourth-order valence-electron chi connectivity index (χ4n) is 2.11. The average Bonchev–Trinajstić information content (AvgIpc) is 2.85. The second-order valence-corrected chi connectivity index (χ2v) is 4.54. The lowest BCUT2D eigenvalue weighted by Gasteiger charge is -2.09. The Kier molecular flexibility index (Phi) is 3.39. The maximum absolute atomic E-state index is 11.5. The molecule has 0 unspecified atom stereocenters. The highest BCUT2D eigenvalue weighted by molar-refractivity contribution is 6.29. The molecule has 0 spiro atoms. The van der Waals surface area contributed by atoms with E-state index in [0.717, 1.165) is 16.7 Å². The number of para-hydroxylation sites is 3. The Balaban J connectivity index is 2.21. The molecule has 0 aliphatic heterocycles. The summed E-state index contributed by atoms with van der Waals surface area (Å²) in [6.07, 6.45) is 0. The Morgan fingerprint density at radius 1 is 1.10 bits per heavy atom. The number of aromatic nitrogens is 2. The van der Waals surface area contributed by atoms with Crippen LogP contribution < -0.4 is 5.32 Å². The predicted molar refractivity (Wildman–Crippen MR) is 80.4 cm³/mol. The van der Waals surface area contributed by atoms with Crippen molar-refractivity contribution < 1.29 is 4.79 Å². The zero-order valence-electron chi connectivity index (χ0n) is 10.6. The minimum Gasteiger partial charge on any atom is -0.295 e. The molecule has 5 heteroatoms. The van der Waals surface area contributed by atoms with Crippen LogP contribution in [0.15, 0.2) is 54.6 Å². The van der Waals surface area contributed by atoms with Crippen LogP contribution in [0.4, 0.5) is 5.95 Å².